The van der Waals surface area contributed by atoms with Crippen molar-refractivity contribution in [3.63, 3.8) is 0 Å². The first-order chi connectivity index (χ1) is 7.61. The number of hydrogen-bond donors (Lipinski definition) is 1. The molecule has 2 unspecified atom stereocenters. The Balaban J connectivity index is 2.30. The van der Waals surface area contributed by atoms with Crippen LogP contribution in [0.5, 0.6) is 0 Å². The maximum atomic E-state index is 10.2. The molecule has 2 rings (SSSR count). The summed E-state index contributed by atoms with van der Waals surface area (Å²) in [6, 6.07) is 0.190. The molecule has 1 saturated carbocycles. The molecule has 16 heavy (non-hydrogen) atoms. The molecule has 1 N–H and O–H groups in total. The van der Waals surface area contributed by atoms with Crippen LogP contribution >= 0.6 is 0 Å². The van der Waals surface area contributed by atoms with E-state index >= 15 is 0 Å². The van der Waals surface area contributed by atoms with Gasteiger partial charge in [-0.2, -0.15) is 5.10 Å². The van der Waals surface area contributed by atoms with Gasteiger partial charge in [-0.15, -0.1) is 0 Å². The molecule has 1 fully saturated rings. The van der Waals surface area contributed by atoms with Crippen LogP contribution in [0.2, 0.25) is 0 Å². The van der Waals surface area contributed by atoms with E-state index in [0.717, 1.165) is 25.0 Å². The van der Waals surface area contributed by atoms with Gasteiger partial charge in [-0.25, -0.2) is 0 Å². The van der Waals surface area contributed by atoms with E-state index in [-0.39, 0.29) is 12.1 Å². The smallest absolute Gasteiger partial charge is 0.0781 e. The third-order valence-electron chi connectivity index (χ3n) is 3.94. The van der Waals surface area contributed by atoms with E-state index in [1.807, 2.05) is 6.92 Å². The van der Waals surface area contributed by atoms with E-state index in [1.165, 1.54) is 24.1 Å². The average Bonchev–Trinajstić information content (AvgIpc) is 2.47. The minimum absolute atomic E-state index is 0.190. The maximum Gasteiger partial charge on any atom is 0.0781 e. The fourth-order valence-electron chi connectivity index (χ4n) is 2.62. The monoisotopic (exact) mass is 222 g/mol. The minimum Gasteiger partial charge on any atom is -0.391 e. The molecule has 1 aliphatic carbocycles. The molecule has 1 aromatic heterocycles. The highest BCUT2D eigenvalue weighted by atomic mass is 16.3. The molecule has 1 aromatic rings. The Morgan fingerprint density at radius 1 is 1.12 bits per heavy atom. The lowest BCUT2D eigenvalue weighted by Gasteiger charge is -2.22. The van der Waals surface area contributed by atoms with E-state index < -0.39 is 0 Å². The zero-order valence-electron chi connectivity index (χ0n) is 10.5. The molecule has 0 radical (unpaired) electrons. The highest BCUT2D eigenvalue weighted by Crippen LogP contribution is 2.29. The molecule has 0 spiro atoms. The van der Waals surface area contributed by atoms with E-state index in [0.29, 0.717) is 0 Å². The maximum absolute atomic E-state index is 10.2. The summed E-state index contributed by atoms with van der Waals surface area (Å²) in [6.45, 7) is 6.26. The van der Waals surface area contributed by atoms with Crippen LogP contribution in [-0.2, 0) is 0 Å². The lowest BCUT2D eigenvalue weighted by atomic mass is 10.1. The highest BCUT2D eigenvalue weighted by Gasteiger charge is 2.25. The summed E-state index contributed by atoms with van der Waals surface area (Å²) >= 11 is 0. The largest absolute Gasteiger partial charge is 0.391 e. The summed E-state index contributed by atoms with van der Waals surface area (Å²) < 4.78 is 2.06. The lowest BCUT2D eigenvalue weighted by Crippen LogP contribution is -2.24. The number of hydrogen-bond acceptors (Lipinski definition) is 2. The Kier molecular flexibility index (Phi) is 3.33. The van der Waals surface area contributed by atoms with Gasteiger partial charge in [-0.1, -0.05) is 19.3 Å². The third kappa shape index (κ3) is 2.01. The van der Waals surface area contributed by atoms with Crippen LogP contribution in [0.25, 0.3) is 0 Å². The van der Waals surface area contributed by atoms with Gasteiger partial charge in [0.05, 0.1) is 17.8 Å². The number of aromatic nitrogens is 2. The summed E-state index contributed by atoms with van der Waals surface area (Å²) in [6.07, 6.45) is 5.35. The van der Waals surface area contributed by atoms with Crippen LogP contribution in [0, 0.1) is 20.8 Å². The van der Waals surface area contributed by atoms with Crippen molar-refractivity contribution in [3.05, 3.63) is 17.0 Å². The zero-order valence-corrected chi connectivity index (χ0v) is 10.5. The predicted octanol–water partition coefficient (Wildman–Crippen LogP) is 2.67. The first-order valence-corrected chi connectivity index (χ1v) is 6.31. The number of aliphatic hydroxyl groups excluding tert-OH is 1. The van der Waals surface area contributed by atoms with Crippen LogP contribution in [0.4, 0.5) is 0 Å². The van der Waals surface area contributed by atoms with Crippen LogP contribution in [0.15, 0.2) is 0 Å². The second-order valence-electron chi connectivity index (χ2n) is 5.01. The van der Waals surface area contributed by atoms with Gasteiger partial charge in [-0.3, -0.25) is 4.68 Å². The second-order valence-corrected chi connectivity index (χ2v) is 5.01. The quantitative estimate of drug-likeness (QED) is 0.742. The van der Waals surface area contributed by atoms with Crippen molar-refractivity contribution in [3.8, 4) is 0 Å². The Labute approximate surface area is 97.5 Å². The highest BCUT2D eigenvalue weighted by molar-refractivity contribution is 5.22. The molecule has 3 heteroatoms. The summed E-state index contributed by atoms with van der Waals surface area (Å²) in [7, 11) is 0. The summed E-state index contributed by atoms with van der Waals surface area (Å²) in [5, 5.41) is 14.7. The molecule has 0 bridgehead atoms. The van der Waals surface area contributed by atoms with Crippen LogP contribution in [0.3, 0.4) is 0 Å². The van der Waals surface area contributed by atoms with Gasteiger partial charge in [0.2, 0.25) is 0 Å². The van der Waals surface area contributed by atoms with Gasteiger partial charge in [0.25, 0.3) is 0 Å². The van der Waals surface area contributed by atoms with E-state index in [4.69, 9.17) is 0 Å². The van der Waals surface area contributed by atoms with Crippen molar-refractivity contribution in [1.82, 2.24) is 9.78 Å². The summed E-state index contributed by atoms with van der Waals surface area (Å²) in [4.78, 5) is 0. The molecule has 0 aromatic carbocycles. The number of rotatable bonds is 1. The van der Waals surface area contributed by atoms with Gasteiger partial charge >= 0.3 is 0 Å². The van der Waals surface area contributed by atoms with Gasteiger partial charge in [-0.05, 0) is 39.2 Å². The molecule has 1 heterocycles. The summed E-state index contributed by atoms with van der Waals surface area (Å²) in [5.41, 5.74) is 3.56. The molecular weight excluding hydrogens is 200 g/mol. The Morgan fingerprint density at radius 3 is 2.44 bits per heavy atom. The van der Waals surface area contributed by atoms with E-state index in [2.05, 4.69) is 23.6 Å². The van der Waals surface area contributed by atoms with Crippen LogP contribution in [0.1, 0.15) is 55.1 Å². The Morgan fingerprint density at radius 2 is 1.81 bits per heavy atom. The number of aryl methyl sites for hydroxylation is 1. The van der Waals surface area contributed by atoms with Crippen molar-refractivity contribution in [2.45, 2.75) is 65.0 Å². The van der Waals surface area contributed by atoms with Crippen LogP contribution in [-0.4, -0.2) is 21.0 Å². The van der Waals surface area contributed by atoms with Gasteiger partial charge in [0.15, 0.2) is 0 Å². The topological polar surface area (TPSA) is 38.0 Å². The second kappa shape index (κ2) is 4.58. The molecule has 0 aliphatic heterocycles. The van der Waals surface area contributed by atoms with Crippen LogP contribution < -0.4 is 0 Å². The van der Waals surface area contributed by atoms with Crippen molar-refractivity contribution in [1.29, 1.82) is 0 Å². The molecule has 3 nitrogen and oxygen atoms in total. The Bertz CT molecular complexity index is 370. The van der Waals surface area contributed by atoms with E-state index in [1.54, 1.807) is 0 Å². The summed E-state index contributed by atoms with van der Waals surface area (Å²) in [5.74, 6) is 0. The number of aliphatic hydroxyl groups is 1. The minimum atomic E-state index is -0.222. The normalized spacial score (nSPS) is 26.8. The first-order valence-electron chi connectivity index (χ1n) is 6.31. The SMILES string of the molecule is Cc1nn(C2CCCCCC2O)c(C)c1C. The molecular formula is C13H22N2O. The standard InChI is InChI=1S/C13H22N2O/c1-9-10(2)14-15(11(9)3)12-7-5-4-6-8-13(12)16/h12-13,16H,4-8H2,1-3H3. The molecule has 0 amide bonds. The van der Waals surface area contributed by atoms with Gasteiger partial charge in [0.1, 0.15) is 0 Å². The van der Waals surface area contributed by atoms with Crippen molar-refractivity contribution < 1.29 is 5.11 Å². The molecule has 1 aliphatic rings. The van der Waals surface area contributed by atoms with Gasteiger partial charge < -0.3 is 5.11 Å². The molecule has 90 valence electrons. The molecule has 0 saturated heterocycles. The fourth-order valence-corrected chi connectivity index (χ4v) is 2.62. The van der Waals surface area contributed by atoms with Gasteiger partial charge in [0, 0.05) is 5.69 Å². The van der Waals surface area contributed by atoms with E-state index in [9.17, 15) is 5.11 Å². The van der Waals surface area contributed by atoms with Crippen molar-refractivity contribution in [2.24, 2.45) is 0 Å². The predicted molar refractivity (Wildman–Crippen MR) is 64.6 cm³/mol. The number of nitrogens with zero attached hydrogens (tertiary/aromatic N) is 2. The van der Waals surface area contributed by atoms with Crippen molar-refractivity contribution in [2.75, 3.05) is 0 Å². The fraction of sp³-hybridized carbons (Fsp3) is 0.769. The average molecular weight is 222 g/mol. The zero-order chi connectivity index (χ0) is 11.7. The van der Waals surface area contributed by atoms with Crippen molar-refractivity contribution >= 4 is 0 Å². The first kappa shape index (κ1) is 11.6. The molecule has 2 atom stereocenters. The lowest BCUT2D eigenvalue weighted by molar-refractivity contribution is 0.0978. The third-order valence-corrected chi connectivity index (χ3v) is 3.94. The Hall–Kier alpha value is -0.830.